The summed E-state index contributed by atoms with van der Waals surface area (Å²) in [5.74, 6) is -9.18. The first-order valence-corrected chi connectivity index (χ1v) is 19.6. The Labute approximate surface area is 351 Å². The van der Waals surface area contributed by atoms with E-state index in [2.05, 4.69) is 0 Å². The van der Waals surface area contributed by atoms with E-state index in [1.54, 1.807) is 50.2 Å². The molecule has 2 aliphatic heterocycles. The highest BCUT2D eigenvalue weighted by Gasteiger charge is 2.59. The third-order valence-electron chi connectivity index (χ3n) is 10.1. The third-order valence-corrected chi connectivity index (χ3v) is 10.6. The summed E-state index contributed by atoms with van der Waals surface area (Å²) in [6.07, 6.45) is -7.70. The second-order valence-corrected chi connectivity index (χ2v) is 16.6. The SMILES string of the molecule is COC(=O)[C@@]1(O[C@@H]2C(C)C(OC(=N)C(Cl)(Cl)Cl)OC(COC(=O)c3ccccc3)[C@@H]2OC(=O)c2ccccc2)CC(C)[C@H](C)[C@H]([C@H](C)[C@@H](COC(C)=O)OC(C)=O)O1. The van der Waals surface area contributed by atoms with E-state index in [9.17, 15) is 24.0 Å². The van der Waals surface area contributed by atoms with Crippen LogP contribution in [-0.2, 0) is 57.0 Å². The molecule has 11 atom stereocenters. The van der Waals surface area contributed by atoms with Gasteiger partial charge in [0.1, 0.15) is 31.5 Å². The molecule has 15 nitrogen and oxygen atoms in total. The minimum absolute atomic E-state index is 0.0845. The Balaban J connectivity index is 1.82. The van der Waals surface area contributed by atoms with E-state index < -0.39 is 101 Å². The minimum atomic E-state index is -2.33. The van der Waals surface area contributed by atoms with Crippen molar-refractivity contribution in [3.05, 3.63) is 71.8 Å². The molecule has 0 aromatic heterocycles. The van der Waals surface area contributed by atoms with Crippen LogP contribution in [0.4, 0.5) is 0 Å². The van der Waals surface area contributed by atoms with E-state index >= 15 is 0 Å². The van der Waals surface area contributed by atoms with E-state index in [4.69, 9.17) is 82.8 Å². The number of halogens is 3. The monoisotopic (exact) mass is 871 g/mol. The van der Waals surface area contributed by atoms with Crippen LogP contribution in [0.15, 0.2) is 60.7 Å². The van der Waals surface area contributed by atoms with Gasteiger partial charge in [-0.1, -0.05) is 98.9 Å². The highest BCUT2D eigenvalue weighted by atomic mass is 35.6. The number of carbonyl (C=O) groups is 5. The van der Waals surface area contributed by atoms with Gasteiger partial charge in [-0.05, 0) is 36.1 Å². The van der Waals surface area contributed by atoms with Gasteiger partial charge in [0, 0.05) is 32.1 Å². The van der Waals surface area contributed by atoms with Gasteiger partial charge in [-0.25, -0.2) is 14.4 Å². The molecule has 0 radical (unpaired) electrons. The van der Waals surface area contributed by atoms with E-state index in [1.165, 1.54) is 38.1 Å². The molecule has 2 aromatic rings. The number of rotatable bonds is 14. The Kier molecular flexibility index (Phi) is 16.4. The third kappa shape index (κ3) is 11.8. The molecule has 0 saturated carbocycles. The van der Waals surface area contributed by atoms with Gasteiger partial charge in [-0.2, -0.15) is 0 Å². The first kappa shape index (κ1) is 46.7. The number of hydrogen-bond donors (Lipinski definition) is 1. The zero-order valence-corrected chi connectivity index (χ0v) is 35.3. The van der Waals surface area contributed by atoms with Gasteiger partial charge >= 0.3 is 29.8 Å². The van der Waals surface area contributed by atoms with Crippen molar-refractivity contribution in [3.63, 3.8) is 0 Å². The van der Waals surface area contributed by atoms with Gasteiger partial charge in [0.15, 0.2) is 6.10 Å². The normalized spacial score (nSPS) is 28.2. The van der Waals surface area contributed by atoms with E-state index in [-0.39, 0.29) is 36.0 Å². The Morgan fingerprint density at radius 1 is 0.845 bits per heavy atom. The van der Waals surface area contributed by atoms with Crippen LogP contribution >= 0.6 is 34.8 Å². The molecule has 58 heavy (non-hydrogen) atoms. The lowest BCUT2D eigenvalue weighted by atomic mass is 9.76. The number of esters is 5. The molecular formula is C40H48Cl3NO14. The molecule has 318 valence electrons. The largest absolute Gasteiger partial charge is 0.465 e. The van der Waals surface area contributed by atoms with Gasteiger partial charge in [-0.15, -0.1) is 0 Å². The first-order chi connectivity index (χ1) is 27.3. The maximum atomic E-state index is 14.1. The number of hydrogen-bond acceptors (Lipinski definition) is 15. The Morgan fingerprint density at radius 3 is 1.97 bits per heavy atom. The topological polar surface area (TPSA) is 192 Å². The van der Waals surface area contributed by atoms with Crippen molar-refractivity contribution in [1.29, 1.82) is 5.41 Å². The molecule has 1 N–H and O–H groups in total. The molecule has 2 fully saturated rings. The van der Waals surface area contributed by atoms with Crippen LogP contribution in [0.1, 0.15) is 68.7 Å². The van der Waals surface area contributed by atoms with Crippen molar-refractivity contribution in [1.82, 2.24) is 0 Å². The standard InChI is InChI=1S/C40H48Cl3NO14/c1-21-18-39(38(49)50-7,57-31(22(21)2)23(3)29(53-26(6)46)19-51-25(5)45)58-32-24(4)36(56-37(44)40(41,42)43)54-30(20-52-34(47)27-14-10-8-11-15-27)33(32)55-35(48)28-16-12-9-13-17-28/h8-17,21-24,29-33,36,44H,18-20H2,1-7H3/t21?,22-,23+,24?,29+,30?,31+,32+,33-,36?,39-/m0/s1. The van der Waals surface area contributed by atoms with Crippen LogP contribution in [0.5, 0.6) is 0 Å². The van der Waals surface area contributed by atoms with E-state index in [0.29, 0.717) is 0 Å². The minimum Gasteiger partial charge on any atom is -0.465 e. The zero-order chi connectivity index (χ0) is 42.9. The number of nitrogens with one attached hydrogen (secondary N) is 1. The summed E-state index contributed by atoms with van der Waals surface area (Å²) in [4.78, 5) is 65.0. The average molecular weight is 873 g/mol. The Morgan fingerprint density at radius 2 is 1.43 bits per heavy atom. The van der Waals surface area contributed by atoms with E-state index in [1.807, 2.05) is 13.8 Å². The molecule has 2 heterocycles. The Hall–Kier alpha value is -3.99. The van der Waals surface area contributed by atoms with Crippen LogP contribution in [0, 0.1) is 29.1 Å². The number of carbonyl (C=O) groups excluding carboxylic acids is 5. The van der Waals surface area contributed by atoms with Crippen LogP contribution in [-0.4, -0.2) is 102 Å². The van der Waals surface area contributed by atoms with E-state index in [0.717, 1.165) is 7.11 Å². The molecule has 0 bridgehead atoms. The molecule has 18 heteroatoms. The van der Waals surface area contributed by atoms with Gasteiger partial charge in [0.05, 0.1) is 24.3 Å². The fourth-order valence-corrected chi connectivity index (χ4v) is 6.97. The quantitative estimate of drug-likeness (QED) is 0.0738. The molecule has 0 spiro atoms. The van der Waals surface area contributed by atoms with Crippen molar-refractivity contribution < 1.29 is 66.6 Å². The second kappa shape index (κ2) is 20.3. The first-order valence-electron chi connectivity index (χ1n) is 18.5. The predicted octanol–water partition coefficient (Wildman–Crippen LogP) is 6.24. The maximum absolute atomic E-state index is 14.1. The summed E-state index contributed by atoms with van der Waals surface area (Å²) in [5.41, 5.74) is 0.370. The van der Waals surface area contributed by atoms with Crippen LogP contribution in [0.25, 0.3) is 0 Å². The fourth-order valence-electron chi connectivity index (χ4n) is 6.83. The molecule has 2 saturated heterocycles. The summed E-state index contributed by atoms with van der Waals surface area (Å²) in [6, 6.07) is 16.1. The number of alkyl halides is 3. The molecule has 0 amide bonds. The lowest BCUT2D eigenvalue weighted by Crippen LogP contribution is -2.65. The van der Waals surface area contributed by atoms with Crippen molar-refractivity contribution >= 4 is 70.5 Å². The van der Waals surface area contributed by atoms with Crippen molar-refractivity contribution in [3.8, 4) is 0 Å². The number of ether oxygens (including phenoxy) is 9. The van der Waals surface area contributed by atoms with Crippen LogP contribution < -0.4 is 0 Å². The fraction of sp³-hybridized carbons (Fsp3) is 0.550. The van der Waals surface area contributed by atoms with Gasteiger partial charge in [-0.3, -0.25) is 15.0 Å². The summed E-state index contributed by atoms with van der Waals surface area (Å²) in [5, 5.41) is 8.34. The molecule has 4 unspecified atom stereocenters. The van der Waals surface area contributed by atoms with Gasteiger partial charge < -0.3 is 42.6 Å². The van der Waals surface area contributed by atoms with Crippen molar-refractivity contribution in [2.75, 3.05) is 20.3 Å². The molecule has 2 aromatic carbocycles. The lowest BCUT2D eigenvalue weighted by molar-refractivity contribution is -0.354. The van der Waals surface area contributed by atoms with Crippen molar-refractivity contribution in [2.45, 2.75) is 94.4 Å². The molecule has 0 aliphatic carbocycles. The molecule has 2 aliphatic rings. The van der Waals surface area contributed by atoms with Gasteiger partial charge in [0.25, 0.3) is 9.58 Å². The van der Waals surface area contributed by atoms with Crippen LogP contribution in [0.2, 0.25) is 0 Å². The number of methoxy groups -OCH3 is 1. The molecule has 4 rings (SSSR count). The second-order valence-electron chi connectivity index (χ2n) is 14.3. The van der Waals surface area contributed by atoms with Gasteiger partial charge in [0.2, 0.25) is 12.2 Å². The smallest absolute Gasteiger partial charge is 0.366 e. The zero-order valence-electron chi connectivity index (χ0n) is 33.0. The van der Waals surface area contributed by atoms with Crippen molar-refractivity contribution in [2.24, 2.45) is 23.7 Å². The maximum Gasteiger partial charge on any atom is 0.366 e. The predicted molar refractivity (Wildman–Crippen MR) is 208 cm³/mol. The highest BCUT2D eigenvalue weighted by molar-refractivity contribution is 6.76. The summed E-state index contributed by atoms with van der Waals surface area (Å²) in [6.45, 7) is 8.60. The van der Waals surface area contributed by atoms with Crippen LogP contribution in [0.3, 0.4) is 0 Å². The number of benzene rings is 2. The Bertz CT molecular complexity index is 1760. The highest BCUT2D eigenvalue weighted by Crippen LogP contribution is 2.45. The summed E-state index contributed by atoms with van der Waals surface area (Å²) >= 11 is 18.0. The lowest BCUT2D eigenvalue weighted by Gasteiger charge is -2.51. The molecular weight excluding hydrogens is 825 g/mol. The summed E-state index contributed by atoms with van der Waals surface area (Å²) in [7, 11) is 1.14. The average Bonchev–Trinajstić information content (AvgIpc) is 3.18. The summed E-state index contributed by atoms with van der Waals surface area (Å²) < 4.78 is 50.9.